The van der Waals surface area contributed by atoms with Crippen molar-refractivity contribution in [1.82, 2.24) is 9.88 Å². The molecular weight excluding hydrogens is 632 g/mol. The Morgan fingerprint density at radius 3 is 2.10 bits per heavy atom. The molecule has 13 heteroatoms. The molecule has 1 spiro atoms. The van der Waals surface area contributed by atoms with Crippen LogP contribution in [0.15, 0.2) is 72.9 Å². The summed E-state index contributed by atoms with van der Waals surface area (Å²) in [4.78, 5) is 65.6. The number of fused-ring (bicyclic) bond motifs is 3. The highest BCUT2D eigenvalue weighted by atomic mass is 16.4. The first kappa shape index (κ1) is 35.2. The summed E-state index contributed by atoms with van der Waals surface area (Å²) in [7, 11) is 0. The van der Waals surface area contributed by atoms with E-state index in [1.807, 2.05) is 36.4 Å². The van der Waals surface area contributed by atoms with Crippen molar-refractivity contribution in [2.24, 2.45) is 0 Å². The van der Waals surface area contributed by atoms with Gasteiger partial charge < -0.3 is 30.6 Å². The van der Waals surface area contributed by atoms with Crippen LogP contribution in [-0.2, 0) is 42.2 Å². The molecule has 1 fully saturated rings. The predicted molar refractivity (Wildman–Crippen MR) is 178 cm³/mol. The summed E-state index contributed by atoms with van der Waals surface area (Å²) in [6, 6.07) is 21.6. The molecule has 2 aromatic carbocycles. The zero-order valence-electron chi connectivity index (χ0n) is 27.0. The zero-order chi connectivity index (χ0) is 35.2. The second-order valence-electron chi connectivity index (χ2n) is 12.8. The second kappa shape index (κ2) is 15.0. The summed E-state index contributed by atoms with van der Waals surface area (Å²) >= 11 is 0. The van der Waals surface area contributed by atoms with Gasteiger partial charge in [0.1, 0.15) is 11.9 Å². The molecule has 3 heterocycles. The van der Waals surface area contributed by atoms with E-state index < -0.39 is 42.4 Å². The van der Waals surface area contributed by atoms with E-state index in [1.54, 1.807) is 22.7 Å². The van der Waals surface area contributed by atoms with Crippen LogP contribution in [0.4, 0.5) is 11.5 Å². The number of carbonyl (C=O) groups is 5. The number of carbonyl (C=O) groups excluding carboxylic acids is 2. The topological polar surface area (TPSA) is 198 Å². The average molecular weight is 673 g/mol. The predicted octanol–water partition coefficient (Wildman–Crippen LogP) is 3.10. The molecule has 1 aliphatic carbocycles. The van der Waals surface area contributed by atoms with Crippen molar-refractivity contribution in [1.29, 1.82) is 0 Å². The van der Waals surface area contributed by atoms with Gasteiger partial charge in [-0.1, -0.05) is 48.5 Å². The minimum atomic E-state index is -2.74. The Bertz CT molecular complexity index is 1690. The first-order valence-electron chi connectivity index (χ1n) is 16.2. The first-order valence-corrected chi connectivity index (χ1v) is 16.2. The maximum atomic E-state index is 13.5. The number of nitrogens with one attached hydrogen (secondary N) is 1. The van der Waals surface area contributed by atoms with Gasteiger partial charge in [0.15, 0.2) is 5.60 Å². The normalized spacial score (nSPS) is 17.7. The number of nitrogens with zero attached hydrogens (tertiary/aromatic N) is 3. The van der Waals surface area contributed by atoms with Crippen LogP contribution in [0.25, 0.3) is 0 Å². The van der Waals surface area contributed by atoms with Crippen molar-refractivity contribution in [3.8, 4) is 0 Å². The molecule has 1 saturated heterocycles. The van der Waals surface area contributed by atoms with E-state index in [-0.39, 0.29) is 11.8 Å². The van der Waals surface area contributed by atoms with Gasteiger partial charge in [-0.25, -0.2) is 9.78 Å². The molecule has 13 nitrogen and oxygen atoms in total. The molecule has 2 amide bonds. The summed E-state index contributed by atoms with van der Waals surface area (Å²) < 4.78 is 0. The van der Waals surface area contributed by atoms with E-state index in [9.17, 15) is 24.0 Å². The van der Waals surface area contributed by atoms with Crippen molar-refractivity contribution < 1.29 is 44.4 Å². The number of benzene rings is 2. The number of anilines is 2. The minimum Gasteiger partial charge on any atom is -0.481 e. The lowest BCUT2D eigenvalue weighted by Gasteiger charge is -2.40. The van der Waals surface area contributed by atoms with E-state index in [4.69, 9.17) is 20.4 Å². The minimum absolute atomic E-state index is 0.00706. The Labute approximate surface area is 283 Å². The highest BCUT2D eigenvalue weighted by molar-refractivity contribution is 6.07. The van der Waals surface area contributed by atoms with Gasteiger partial charge in [0.2, 0.25) is 11.8 Å². The number of likely N-dealkylation sites (tertiary alicyclic amines) is 1. The van der Waals surface area contributed by atoms with E-state index >= 15 is 0 Å². The Morgan fingerprint density at radius 1 is 0.837 bits per heavy atom. The fourth-order valence-electron chi connectivity index (χ4n) is 7.13. The number of rotatable bonds is 10. The standard InChI is InChI=1S/C30H32N4O2.C6H8O7/c35-28(13-18-33-19-15-30(16-20-33)14-12-22-7-1-3-9-24(22)30)34-25-10-4-2-8-23(25)21-26(34)29(36)32-27-11-5-6-17-31-27;7-3(8)1-6(13,5(11)12)2-4(9)10/h1-11,17,26H,12-16,18-21H2,(H,31,32,36);13H,1-2H2,(H,7,8)(H,9,10)(H,11,12)/t26-;/m0./s1. The molecule has 2 aliphatic heterocycles. The quantitative estimate of drug-likeness (QED) is 0.212. The van der Waals surface area contributed by atoms with E-state index in [0.717, 1.165) is 43.7 Å². The maximum absolute atomic E-state index is 13.5. The Morgan fingerprint density at radius 2 is 1.47 bits per heavy atom. The Balaban J connectivity index is 0.000000308. The summed E-state index contributed by atoms with van der Waals surface area (Å²) in [5.41, 5.74) is 2.54. The lowest BCUT2D eigenvalue weighted by molar-refractivity contribution is -0.170. The van der Waals surface area contributed by atoms with Crippen LogP contribution in [0.5, 0.6) is 0 Å². The van der Waals surface area contributed by atoms with Crippen LogP contribution in [0.1, 0.15) is 55.2 Å². The molecule has 1 aromatic heterocycles. The number of hydrogen-bond acceptors (Lipinski definition) is 8. The van der Waals surface area contributed by atoms with E-state index in [1.165, 1.54) is 18.4 Å². The Kier molecular flexibility index (Phi) is 10.7. The largest absolute Gasteiger partial charge is 0.481 e. The third-order valence-electron chi connectivity index (χ3n) is 9.67. The fourth-order valence-corrected chi connectivity index (χ4v) is 7.13. The molecule has 6 rings (SSSR count). The number of amides is 2. The number of para-hydroxylation sites is 1. The number of carboxylic acid groups (broad SMARTS) is 3. The maximum Gasteiger partial charge on any atom is 0.336 e. The van der Waals surface area contributed by atoms with Crippen molar-refractivity contribution in [2.45, 2.75) is 68.4 Å². The van der Waals surface area contributed by atoms with E-state index in [0.29, 0.717) is 24.1 Å². The van der Waals surface area contributed by atoms with Crippen molar-refractivity contribution in [3.05, 3.63) is 89.6 Å². The van der Waals surface area contributed by atoms with Gasteiger partial charge in [-0.15, -0.1) is 0 Å². The zero-order valence-corrected chi connectivity index (χ0v) is 27.0. The number of pyridine rings is 1. The highest BCUT2D eigenvalue weighted by Crippen LogP contribution is 2.46. The molecule has 0 unspecified atom stereocenters. The number of aryl methyl sites for hydroxylation is 1. The Hall–Kier alpha value is -5.14. The number of aliphatic carboxylic acids is 3. The molecule has 258 valence electrons. The summed E-state index contributed by atoms with van der Waals surface area (Å²) in [5, 5.41) is 36.7. The molecular formula is C36H40N4O9. The highest BCUT2D eigenvalue weighted by Gasteiger charge is 2.42. The molecule has 0 saturated carbocycles. The number of aromatic nitrogens is 1. The lowest BCUT2D eigenvalue weighted by Crippen LogP contribution is -2.47. The molecule has 5 N–H and O–H groups in total. The third kappa shape index (κ3) is 8.12. The fraction of sp³-hybridized carbons (Fsp3) is 0.389. The number of carboxylic acids is 3. The summed E-state index contributed by atoms with van der Waals surface area (Å²) in [6.07, 6.45) is 5.02. The average Bonchev–Trinajstić information content (AvgIpc) is 3.64. The van der Waals surface area contributed by atoms with Crippen molar-refractivity contribution in [3.63, 3.8) is 0 Å². The van der Waals surface area contributed by atoms with Gasteiger partial charge in [0, 0.05) is 31.3 Å². The SMILES string of the molecule is O=C(Nc1ccccn1)[C@@H]1Cc2ccccc2N1C(=O)CCN1CCC2(CCc3ccccc32)CC1.O=C(O)CC(O)(CC(=O)O)C(=O)O. The van der Waals surface area contributed by atoms with Gasteiger partial charge in [0.05, 0.1) is 12.8 Å². The number of piperidine rings is 1. The van der Waals surface area contributed by atoms with Crippen molar-refractivity contribution >= 4 is 41.2 Å². The molecule has 0 radical (unpaired) electrons. The van der Waals surface area contributed by atoms with Crippen LogP contribution in [-0.4, -0.2) is 91.3 Å². The molecule has 1 atom stereocenters. The van der Waals surface area contributed by atoms with Gasteiger partial charge in [-0.3, -0.25) is 24.1 Å². The van der Waals surface area contributed by atoms with Crippen molar-refractivity contribution in [2.75, 3.05) is 29.9 Å². The van der Waals surface area contributed by atoms with Crippen LogP contribution in [0, 0.1) is 0 Å². The third-order valence-corrected chi connectivity index (χ3v) is 9.67. The lowest BCUT2D eigenvalue weighted by atomic mass is 9.74. The first-order chi connectivity index (χ1) is 23.4. The smallest absolute Gasteiger partial charge is 0.336 e. The molecule has 49 heavy (non-hydrogen) atoms. The summed E-state index contributed by atoms with van der Waals surface area (Å²) in [5.74, 6) is -4.71. The molecule has 0 bridgehead atoms. The second-order valence-corrected chi connectivity index (χ2v) is 12.8. The summed E-state index contributed by atoms with van der Waals surface area (Å²) in [6.45, 7) is 2.76. The van der Waals surface area contributed by atoms with E-state index in [2.05, 4.69) is 39.5 Å². The van der Waals surface area contributed by atoms with Gasteiger partial charge in [-0.2, -0.15) is 0 Å². The monoisotopic (exact) mass is 672 g/mol. The van der Waals surface area contributed by atoms with Crippen LogP contribution in [0.3, 0.4) is 0 Å². The van der Waals surface area contributed by atoms with Gasteiger partial charge in [-0.05, 0) is 79.1 Å². The van der Waals surface area contributed by atoms with Gasteiger partial charge in [0.25, 0.3) is 0 Å². The number of aliphatic hydroxyl groups is 1. The van der Waals surface area contributed by atoms with Gasteiger partial charge >= 0.3 is 17.9 Å². The molecule has 3 aromatic rings. The number of hydrogen-bond donors (Lipinski definition) is 5. The van der Waals surface area contributed by atoms with Crippen LogP contribution < -0.4 is 10.2 Å². The van der Waals surface area contributed by atoms with Crippen LogP contribution in [0.2, 0.25) is 0 Å². The van der Waals surface area contributed by atoms with Crippen LogP contribution >= 0.6 is 0 Å². The molecule has 3 aliphatic rings.